The number of benzene rings is 1. The minimum atomic E-state index is -3.25. The monoisotopic (exact) mass is 294 g/mol. The second-order valence-electron chi connectivity index (χ2n) is 4.50. The van der Waals surface area contributed by atoms with Gasteiger partial charge in [0, 0.05) is 7.05 Å². The summed E-state index contributed by atoms with van der Waals surface area (Å²) in [6, 6.07) is 6.91. The smallest absolute Gasteiger partial charge is 0.180 e. The molecule has 6 nitrogen and oxygen atoms in total. The number of aryl methyl sites for hydroxylation is 1. The van der Waals surface area contributed by atoms with Crippen LogP contribution in [0, 0.1) is 0 Å². The Labute approximate surface area is 118 Å². The molecule has 0 aliphatic carbocycles. The van der Waals surface area contributed by atoms with Gasteiger partial charge in [-0.25, -0.2) is 13.4 Å². The average molecular weight is 294 g/mol. The van der Waals surface area contributed by atoms with Gasteiger partial charge in [0.1, 0.15) is 6.33 Å². The van der Waals surface area contributed by atoms with Crippen molar-refractivity contribution in [2.45, 2.75) is 24.8 Å². The van der Waals surface area contributed by atoms with Crippen LogP contribution in [0.25, 0.3) is 0 Å². The third-order valence-electron chi connectivity index (χ3n) is 2.78. The Kier molecular flexibility index (Phi) is 4.39. The van der Waals surface area contributed by atoms with Gasteiger partial charge in [0.25, 0.3) is 0 Å². The summed E-state index contributed by atoms with van der Waals surface area (Å²) in [5, 5.41) is 7.24. The van der Waals surface area contributed by atoms with Crippen molar-refractivity contribution in [2.75, 3.05) is 11.1 Å². The van der Waals surface area contributed by atoms with Crippen LogP contribution < -0.4 is 5.32 Å². The quantitative estimate of drug-likeness (QED) is 0.876. The predicted octanol–water partition coefficient (Wildman–Crippen LogP) is 1.61. The molecule has 1 heterocycles. The Bertz CT molecular complexity index is 679. The molecule has 1 aromatic heterocycles. The maximum atomic E-state index is 12.2. The van der Waals surface area contributed by atoms with E-state index in [-0.39, 0.29) is 5.75 Å². The van der Waals surface area contributed by atoms with Crippen molar-refractivity contribution in [2.24, 2.45) is 7.05 Å². The van der Waals surface area contributed by atoms with Crippen LogP contribution in [0.1, 0.15) is 19.2 Å². The Balaban J connectivity index is 2.20. The second-order valence-corrected chi connectivity index (χ2v) is 6.58. The van der Waals surface area contributed by atoms with Gasteiger partial charge in [-0.15, -0.1) is 0 Å². The lowest BCUT2D eigenvalue weighted by molar-refractivity contribution is 0.595. The van der Waals surface area contributed by atoms with E-state index in [0.29, 0.717) is 29.4 Å². The fourth-order valence-electron chi connectivity index (χ4n) is 1.90. The standard InChI is InChI=1S/C13H18N4O2S/c1-3-8-20(18,19)12-7-5-4-6-11(12)14-9-13-15-10-17(2)16-13/h4-7,10,14H,3,8-9H2,1-2H3. The average Bonchev–Trinajstić information content (AvgIpc) is 2.82. The lowest BCUT2D eigenvalue weighted by Gasteiger charge is -2.11. The molecule has 20 heavy (non-hydrogen) atoms. The topological polar surface area (TPSA) is 76.9 Å². The fraction of sp³-hybridized carbons (Fsp3) is 0.385. The first kappa shape index (κ1) is 14.5. The van der Waals surface area contributed by atoms with Crippen LogP contribution in [0.3, 0.4) is 0 Å². The number of nitrogens with zero attached hydrogens (tertiary/aromatic N) is 3. The molecular weight excluding hydrogens is 276 g/mol. The van der Waals surface area contributed by atoms with E-state index in [1.54, 1.807) is 42.3 Å². The molecule has 0 atom stereocenters. The fourth-order valence-corrected chi connectivity index (χ4v) is 3.42. The minimum absolute atomic E-state index is 0.146. The molecule has 0 unspecified atom stereocenters. The number of para-hydroxylation sites is 1. The molecule has 0 bridgehead atoms. The van der Waals surface area contributed by atoms with E-state index in [9.17, 15) is 8.42 Å². The van der Waals surface area contributed by atoms with Gasteiger partial charge in [-0.05, 0) is 18.6 Å². The van der Waals surface area contributed by atoms with Gasteiger partial charge in [0.05, 0.1) is 22.9 Å². The zero-order valence-electron chi connectivity index (χ0n) is 11.6. The normalized spacial score (nSPS) is 11.5. The summed E-state index contributed by atoms with van der Waals surface area (Å²) in [6.45, 7) is 2.24. The van der Waals surface area contributed by atoms with E-state index >= 15 is 0 Å². The number of hydrogen-bond donors (Lipinski definition) is 1. The van der Waals surface area contributed by atoms with Crippen molar-refractivity contribution in [3.63, 3.8) is 0 Å². The summed E-state index contributed by atoms with van der Waals surface area (Å²) in [7, 11) is -1.46. The van der Waals surface area contributed by atoms with Crippen molar-refractivity contribution in [1.82, 2.24) is 14.8 Å². The van der Waals surface area contributed by atoms with Crippen LogP contribution in [0.4, 0.5) is 5.69 Å². The van der Waals surface area contributed by atoms with Gasteiger partial charge >= 0.3 is 0 Å². The first-order valence-corrected chi connectivity index (χ1v) is 8.08. The molecule has 2 aromatic rings. The van der Waals surface area contributed by atoms with Crippen LogP contribution in [0.15, 0.2) is 35.5 Å². The number of anilines is 1. The summed E-state index contributed by atoms with van der Waals surface area (Å²) >= 11 is 0. The minimum Gasteiger partial charge on any atom is -0.377 e. The van der Waals surface area contributed by atoms with Crippen molar-refractivity contribution in [3.05, 3.63) is 36.4 Å². The molecule has 2 rings (SSSR count). The number of aromatic nitrogens is 3. The van der Waals surface area contributed by atoms with Crippen LogP contribution in [-0.4, -0.2) is 28.9 Å². The third-order valence-corrected chi connectivity index (χ3v) is 4.75. The molecule has 1 N–H and O–H groups in total. The molecule has 108 valence electrons. The number of hydrogen-bond acceptors (Lipinski definition) is 5. The Hall–Kier alpha value is -1.89. The van der Waals surface area contributed by atoms with Gasteiger partial charge in [-0.3, -0.25) is 4.68 Å². The molecule has 0 saturated carbocycles. The van der Waals surface area contributed by atoms with Crippen molar-refractivity contribution in [3.8, 4) is 0 Å². The van der Waals surface area contributed by atoms with Crippen molar-refractivity contribution >= 4 is 15.5 Å². The SMILES string of the molecule is CCCS(=O)(=O)c1ccccc1NCc1ncn(C)n1. The number of rotatable bonds is 6. The Morgan fingerprint density at radius 3 is 2.70 bits per heavy atom. The third kappa shape index (κ3) is 3.36. The lowest BCUT2D eigenvalue weighted by atomic mass is 10.3. The summed E-state index contributed by atoms with van der Waals surface area (Å²) in [4.78, 5) is 4.43. The zero-order chi connectivity index (χ0) is 14.6. The van der Waals surface area contributed by atoms with Gasteiger partial charge in [-0.1, -0.05) is 19.1 Å². The molecule has 0 aliphatic rings. The highest BCUT2D eigenvalue weighted by Gasteiger charge is 2.17. The highest BCUT2D eigenvalue weighted by molar-refractivity contribution is 7.91. The van der Waals surface area contributed by atoms with Gasteiger partial charge in [0.15, 0.2) is 15.7 Å². The molecular formula is C13H18N4O2S. The first-order chi connectivity index (χ1) is 9.53. The Morgan fingerprint density at radius 1 is 1.30 bits per heavy atom. The summed E-state index contributed by atoms with van der Waals surface area (Å²) in [6.07, 6.45) is 2.20. The van der Waals surface area contributed by atoms with E-state index in [2.05, 4.69) is 15.4 Å². The van der Waals surface area contributed by atoms with Crippen molar-refractivity contribution in [1.29, 1.82) is 0 Å². The summed E-state index contributed by atoms with van der Waals surface area (Å²) < 4.78 is 26.0. The van der Waals surface area contributed by atoms with Gasteiger partial charge < -0.3 is 5.32 Å². The summed E-state index contributed by atoms with van der Waals surface area (Å²) in [5.74, 6) is 0.767. The molecule has 0 fully saturated rings. The lowest BCUT2D eigenvalue weighted by Crippen LogP contribution is -2.11. The van der Waals surface area contributed by atoms with E-state index in [4.69, 9.17) is 0 Å². The molecule has 0 spiro atoms. The predicted molar refractivity (Wildman–Crippen MR) is 77.1 cm³/mol. The Morgan fingerprint density at radius 2 is 2.05 bits per heavy atom. The van der Waals surface area contributed by atoms with E-state index in [1.807, 2.05) is 6.92 Å². The largest absolute Gasteiger partial charge is 0.377 e. The molecule has 0 aliphatic heterocycles. The highest BCUT2D eigenvalue weighted by Crippen LogP contribution is 2.22. The van der Waals surface area contributed by atoms with E-state index < -0.39 is 9.84 Å². The van der Waals surface area contributed by atoms with Crippen LogP contribution in [-0.2, 0) is 23.4 Å². The molecule has 0 saturated heterocycles. The van der Waals surface area contributed by atoms with Gasteiger partial charge in [0.2, 0.25) is 0 Å². The molecule has 7 heteroatoms. The van der Waals surface area contributed by atoms with E-state index in [0.717, 1.165) is 0 Å². The zero-order valence-corrected chi connectivity index (χ0v) is 12.4. The maximum absolute atomic E-state index is 12.2. The molecule has 0 amide bonds. The van der Waals surface area contributed by atoms with Gasteiger partial charge in [-0.2, -0.15) is 5.10 Å². The first-order valence-electron chi connectivity index (χ1n) is 6.43. The van der Waals surface area contributed by atoms with Crippen LogP contribution in [0.5, 0.6) is 0 Å². The number of nitrogens with one attached hydrogen (secondary N) is 1. The van der Waals surface area contributed by atoms with Crippen LogP contribution in [0.2, 0.25) is 0 Å². The molecule has 1 aromatic carbocycles. The number of sulfone groups is 1. The van der Waals surface area contributed by atoms with E-state index in [1.165, 1.54) is 0 Å². The summed E-state index contributed by atoms with van der Waals surface area (Å²) in [5.41, 5.74) is 0.591. The van der Waals surface area contributed by atoms with Crippen molar-refractivity contribution < 1.29 is 8.42 Å². The maximum Gasteiger partial charge on any atom is 0.180 e. The highest BCUT2D eigenvalue weighted by atomic mass is 32.2. The van der Waals surface area contributed by atoms with Crippen LogP contribution >= 0.6 is 0 Å². The second kappa shape index (κ2) is 6.04. The molecule has 0 radical (unpaired) electrons.